The second-order valence-corrected chi connectivity index (χ2v) is 7.96. The van der Waals surface area contributed by atoms with E-state index >= 15 is 0 Å². The predicted octanol–water partition coefficient (Wildman–Crippen LogP) is 2.09. The van der Waals surface area contributed by atoms with E-state index in [9.17, 15) is 24.8 Å². The van der Waals surface area contributed by atoms with Gasteiger partial charge in [-0.05, 0) is 43.1 Å². The lowest BCUT2D eigenvalue weighted by Crippen LogP contribution is -2.40. The van der Waals surface area contributed by atoms with Crippen LogP contribution in [0.3, 0.4) is 0 Å². The maximum Gasteiger partial charge on any atom is 0.315 e. The van der Waals surface area contributed by atoms with Crippen molar-refractivity contribution in [3.8, 4) is 11.5 Å². The number of phenolic OH excluding ortho intramolecular Hbond substituents is 1. The highest BCUT2D eigenvalue weighted by Crippen LogP contribution is 2.65. The monoisotopic (exact) mass is 397 g/mol. The smallest absolute Gasteiger partial charge is 0.315 e. The van der Waals surface area contributed by atoms with Crippen molar-refractivity contribution in [3.63, 3.8) is 0 Å². The lowest BCUT2D eigenvalue weighted by molar-refractivity contribution is -0.386. The number of hydrogen-bond acceptors (Lipinski definition) is 7. The van der Waals surface area contributed by atoms with Crippen LogP contribution in [0, 0.1) is 45.6 Å². The zero-order valence-electron chi connectivity index (χ0n) is 15.6. The number of benzene rings is 1. The Morgan fingerprint density at radius 1 is 1.24 bits per heavy atom. The van der Waals surface area contributed by atoms with Crippen LogP contribution in [0.1, 0.15) is 18.9 Å². The van der Waals surface area contributed by atoms with E-state index in [0.29, 0.717) is 11.8 Å². The van der Waals surface area contributed by atoms with Crippen molar-refractivity contribution in [2.24, 2.45) is 40.6 Å². The topological polar surface area (TPSA) is 122 Å². The number of ether oxygens (including phenoxy) is 1. The molecule has 6 rings (SSSR count). The van der Waals surface area contributed by atoms with Crippen LogP contribution in [-0.4, -0.2) is 39.7 Å². The lowest BCUT2D eigenvalue weighted by atomic mass is 9.63. The van der Waals surface area contributed by atoms with E-state index in [1.54, 1.807) is 6.92 Å². The van der Waals surface area contributed by atoms with Crippen LogP contribution in [0.4, 0.5) is 5.69 Å². The molecule has 0 unspecified atom stereocenters. The van der Waals surface area contributed by atoms with Gasteiger partial charge in [0.1, 0.15) is 0 Å². The number of imide groups is 1. The third-order valence-corrected chi connectivity index (χ3v) is 6.54. The molecule has 9 heteroatoms. The molecule has 4 aliphatic carbocycles. The molecule has 3 fully saturated rings. The highest BCUT2D eigenvalue weighted by atomic mass is 16.6. The minimum absolute atomic E-state index is 0.0572. The number of aromatic hydroxyl groups is 1. The molecule has 1 aromatic carbocycles. The molecule has 2 amide bonds. The molecule has 0 spiro atoms. The number of phenols is 1. The van der Waals surface area contributed by atoms with Crippen molar-refractivity contribution in [1.29, 1.82) is 0 Å². The molecule has 9 nitrogen and oxygen atoms in total. The van der Waals surface area contributed by atoms with Crippen molar-refractivity contribution in [3.05, 3.63) is 40.0 Å². The minimum Gasteiger partial charge on any atom is -0.500 e. The molecule has 1 N–H and O–H groups in total. The lowest BCUT2D eigenvalue weighted by Gasteiger charge is -2.37. The molecule has 0 radical (unpaired) electrons. The number of hydrogen-bond donors (Lipinski definition) is 1. The van der Waals surface area contributed by atoms with Gasteiger partial charge in [0.05, 0.1) is 29.6 Å². The van der Waals surface area contributed by atoms with Crippen molar-refractivity contribution in [2.45, 2.75) is 13.3 Å². The summed E-state index contributed by atoms with van der Waals surface area (Å²) in [6.07, 6.45) is 6.46. The molecule has 1 aliphatic heterocycles. The van der Waals surface area contributed by atoms with Gasteiger partial charge in [-0.15, -0.1) is 0 Å². The van der Waals surface area contributed by atoms with Crippen molar-refractivity contribution in [2.75, 3.05) is 6.61 Å². The first-order valence-electron chi connectivity index (χ1n) is 9.66. The summed E-state index contributed by atoms with van der Waals surface area (Å²) in [5.41, 5.74) is -0.287. The molecule has 6 atom stereocenters. The van der Waals surface area contributed by atoms with Crippen molar-refractivity contribution in [1.82, 2.24) is 5.01 Å². The first-order valence-corrected chi connectivity index (χ1v) is 9.66. The van der Waals surface area contributed by atoms with Gasteiger partial charge in [0.15, 0.2) is 5.75 Å². The van der Waals surface area contributed by atoms with E-state index in [-0.39, 0.29) is 53.4 Å². The number of nitro benzene ring substituents is 1. The van der Waals surface area contributed by atoms with Gasteiger partial charge >= 0.3 is 5.69 Å². The van der Waals surface area contributed by atoms with Crippen LogP contribution in [0.5, 0.6) is 11.5 Å². The molecule has 0 aromatic heterocycles. The Balaban J connectivity index is 1.45. The Kier molecular flexibility index (Phi) is 3.77. The largest absolute Gasteiger partial charge is 0.500 e. The van der Waals surface area contributed by atoms with Crippen LogP contribution in [-0.2, 0) is 9.59 Å². The number of rotatable bonds is 5. The van der Waals surface area contributed by atoms with Gasteiger partial charge in [0.2, 0.25) is 5.75 Å². The number of nitro groups is 1. The van der Waals surface area contributed by atoms with E-state index in [2.05, 4.69) is 17.3 Å². The summed E-state index contributed by atoms with van der Waals surface area (Å²) in [6, 6.07) is 2.51. The number of hydrazone groups is 1. The van der Waals surface area contributed by atoms with E-state index < -0.39 is 16.4 Å². The van der Waals surface area contributed by atoms with Crippen LogP contribution in [0.15, 0.2) is 29.4 Å². The third-order valence-electron chi connectivity index (χ3n) is 6.54. The Labute approximate surface area is 165 Å². The number of nitrogens with zero attached hydrogens (tertiary/aromatic N) is 3. The summed E-state index contributed by atoms with van der Waals surface area (Å²) < 4.78 is 5.24. The highest BCUT2D eigenvalue weighted by Gasteiger charge is 2.67. The molecular weight excluding hydrogens is 378 g/mol. The second kappa shape index (κ2) is 6.13. The number of carbonyl (C=O) groups excluding carboxylic acids is 2. The van der Waals surface area contributed by atoms with Gasteiger partial charge in [-0.25, -0.2) is 0 Å². The maximum atomic E-state index is 12.9. The molecule has 1 aromatic rings. The summed E-state index contributed by atoms with van der Waals surface area (Å²) in [7, 11) is 0. The van der Waals surface area contributed by atoms with E-state index in [1.807, 2.05) is 0 Å². The Hall–Kier alpha value is -3.23. The number of amides is 2. The van der Waals surface area contributed by atoms with Gasteiger partial charge in [0.25, 0.3) is 11.8 Å². The number of carbonyl (C=O) groups is 2. The zero-order valence-corrected chi connectivity index (χ0v) is 15.6. The van der Waals surface area contributed by atoms with Crippen LogP contribution in [0.25, 0.3) is 0 Å². The summed E-state index contributed by atoms with van der Waals surface area (Å²) in [5.74, 6) is -0.747. The van der Waals surface area contributed by atoms with Gasteiger partial charge in [-0.3, -0.25) is 19.7 Å². The van der Waals surface area contributed by atoms with Crippen LogP contribution >= 0.6 is 0 Å². The second-order valence-electron chi connectivity index (χ2n) is 7.96. The average molecular weight is 397 g/mol. The molecular formula is C20H19N3O6. The van der Waals surface area contributed by atoms with E-state index in [4.69, 9.17) is 4.74 Å². The third kappa shape index (κ3) is 2.49. The highest BCUT2D eigenvalue weighted by molar-refractivity contribution is 6.06. The summed E-state index contributed by atoms with van der Waals surface area (Å²) in [6.45, 7) is 1.89. The predicted molar refractivity (Wildman–Crippen MR) is 100 cm³/mol. The normalized spacial score (nSPS) is 33.9. The first-order chi connectivity index (χ1) is 13.9. The first kappa shape index (κ1) is 17.8. The van der Waals surface area contributed by atoms with Crippen LogP contribution in [0.2, 0.25) is 0 Å². The van der Waals surface area contributed by atoms with Gasteiger partial charge < -0.3 is 9.84 Å². The molecule has 2 bridgehead atoms. The fourth-order valence-corrected chi connectivity index (χ4v) is 5.27. The van der Waals surface area contributed by atoms with Gasteiger partial charge in [-0.2, -0.15) is 10.1 Å². The molecule has 1 heterocycles. The molecule has 29 heavy (non-hydrogen) atoms. The summed E-state index contributed by atoms with van der Waals surface area (Å²) in [5, 5.41) is 26.2. The summed E-state index contributed by atoms with van der Waals surface area (Å²) in [4.78, 5) is 36.3. The SMILES string of the molecule is CCOc1cc(/C=N\N2C(=O)[C@H]3[C@@H]4C=C[C@H]([C@H]5C[C@H]45)[C@@H]3C2=O)cc([N+](=O)[O-])c1O. The van der Waals surface area contributed by atoms with Gasteiger partial charge in [0, 0.05) is 11.6 Å². The fourth-order valence-electron chi connectivity index (χ4n) is 5.27. The zero-order chi connectivity index (χ0) is 20.4. The molecule has 5 aliphatic rings. The Morgan fingerprint density at radius 2 is 1.86 bits per heavy atom. The van der Waals surface area contributed by atoms with Crippen molar-refractivity contribution < 1.29 is 24.4 Å². The van der Waals surface area contributed by atoms with E-state index in [1.165, 1.54) is 12.3 Å². The quantitative estimate of drug-likeness (QED) is 0.267. The Morgan fingerprint density at radius 3 is 2.41 bits per heavy atom. The van der Waals surface area contributed by atoms with E-state index in [0.717, 1.165) is 17.5 Å². The fraction of sp³-hybridized carbons (Fsp3) is 0.450. The molecule has 1 saturated heterocycles. The number of allylic oxidation sites excluding steroid dienone is 2. The standard InChI is InChI=1S/C20H19N3O6/c1-2-29-15-6-9(5-14(18(15)24)23(27)28)8-21-22-19(25)16-10-3-4-11(13-7-12(10)13)17(16)20(22)26/h3-6,8,10-13,16-17,24H,2,7H2,1H3/b21-8-/t10-,11-,12-,13-,16+,17+/m1/s1. The maximum absolute atomic E-state index is 12.9. The average Bonchev–Trinajstić information content (AvgIpc) is 3.47. The van der Waals surface area contributed by atoms with Crippen LogP contribution < -0.4 is 4.74 Å². The Bertz CT molecular complexity index is 966. The summed E-state index contributed by atoms with van der Waals surface area (Å²) >= 11 is 0. The molecule has 150 valence electrons. The molecule has 2 saturated carbocycles. The minimum atomic E-state index is -0.731. The van der Waals surface area contributed by atoms with Crippen molar-refractivity contribution >= 4 is 23.7 Å². The van der Waals surface area contributed by atoms with Gasteiger partial charge in [-0.1, -0.05) is 12.2 Å².